The van der Waals surface area contributed by atoms with Crippen LogP contribution in [-0.2, 0) is 55.3 Å². The summed E-state index contributed by atoms with van der Waals surface area (Å²) < 4.78 is 48.2. The van der Waals surface area contributed by atoms with Crippen molar-refractivity contribution >= 4 is 39.9 Å². The van der Waals surface area contributed by atoms with Crippen molar-refractivity contribution in [1.82, 2.24) is 30.1 Å². The average Bonchev–Trinajstić information content (AvgIpc) is 3.96. The van der Waals surface area contributed by atoms with Gasteiger partial charge >= 0.3 is 12.1 Å². The van der Waals surface area contributed by atoms with Crippen molar-refractivity contribution in [1.29, 1.82) is 0 Å². The number of allylic oxidation sites excluding steroid dienone is 1. The fraction of sp³-hybridized carbons (Fsp3) is 0.513. The molecule has 6 aliphatic rings. The lowest BCUT2D eigenvalue weighted by Crippen LogP contribution is -2.58. The molecule has 2 aromatic carbocycles. The van der Waals surface area contributed by atoms with Gasteiger partial charge in [0.25, 0.3) is 5.91 Å². The second kappa shape index (κ2) is 14.6. The summed E-state index contributed by atoms with van der Waals surface area (Å²) in [4.78, 5) is 74.0. The van der Waals surface area contributed by atoms with Crippen LogP contribution < -0.4 is 15.4 Å². The normalized spacial score (nSPS) is 28.4. The third-order valence-electron chi connectivity index (χ3n) is 11.7. The molecule has 292 valence electrons. The number of hydrogen-bond donors (Lipinski definition) is 3. The molecule has 14 nitrogen and oxygen atoms in total. The first-order chi connectivity index (χ1) is 26.4. The van der Waals surface area contributed by atoms with Crippen LogP contribution in [0.1, 0.15) is 80.0 Å². The van der Waals surface area contributed by atoms with Crippen molar-refractivity contribution in [2.75, 3.05) is 6.54 Å². The molecule has 5 atom stereocenters. The summed E-state index contributed by atoms with van der Waals surface area (Å²) in [6.07, 6.45) is 6.14. The predicted molar refractivity (Wildman–Crippen MR) is 195 cm³/mol. The van der Waals surface area contributed by atoms with E-state index < -0.39 is 80.6 Å². The van der Waals surface area contributed by atoms with Crippen molar-refractivity contribution in [3.63, 3.8) is 0 Å². The SMILES string of the molecule is O=C1N[C@]2(C(=O)NS(=O)(=O)C3CC3)C[C@@H]2/C=C\CCCCC[C@H](NC(=O)N2Cc3ccccc3C2)C(=O)N2C[C@H](OC(=O)N3Cc4cccc(F)c4C3)C[C@@H]12. The molecular formula is C39H45FN6O8S. The quantitative estimate of drug-likeness (QED) is 0.388. The molecule has 1 saturated heterocycles. The van der Waals surface area contributed by atoms with Gasteiger partial charge in [-0.25, -0.2) is 22.4 Å². The van der Waals surface area contributed by atoms with Gasteiger partial charge in [-0.15, -0.1) is 0 Å². The van der Waals surface area contributed by atoms with Gasteiger partial charge in [0.15, 0.2) is 0 Å². The summed E-state index contributed by atoms with van der Waals surface area (Å²) in [6, 6.07) is 9.71. The highest BCUT2D eigenvalue weighted by atomic mass is 32.2. The van der Waals surface area contributed by atoms with E-state index in [0.717, 1.165) is 24.0 Å². The number of amides is 6. The van der Waals surface area contributed by atoms with Crippen LogP contribution >= 0.6 is 0 Å². The van der Waals surface area contributed by atoms with E-state index in [-0.39, 0.29) is 32.5 Å². The summed E-state index contributed by atoms with van der Waals surface area (Å²) >= 11 is 0. The molecule has 4 heterocycles. The van der Waals surface area contributed by atoms with Crippen LogP contribution in [-0.4, -0.2) is 88.5 Å². The maximum absolute atomic E-state index is 14.6. The first kappa shape index (κ1) is 37.0. The molecule has 0 radical (unpaired) electrons. The van der Waals surface area contributed by atoms with Gasteiger partial charge in [0, 0.05) is 37.5 Å². The van der Waals surface area contributed by atoms with Crippen LogP contribution in [0.4, 0.5) is 14.0 Å². The van der Waals surface area contributed by atoms with Crippen molar-refractivity contribution in [2.45, 2.75) is 113 Å². The molecule has 3 N–H and O–H groups in total. The second-order valence-electron chi connectivity index (χ2n) is 15.6. The monoisotopic (exact) mass is 776 g/mol. The van der Waals surface area contributed by atoms with Crippen molar-refractivity contribution in [3.8, 4) is 0 Å². The van der Waals surface area contributed by atoms with E-state index in [2.05, 4.69) is 15.4 Å². The second-order valence-corrected chi connectivity index (χ2v) is 17.6. The first-order valence-electron chi connectivity index (χ1n) is 19.1. The standard InChI is InChI=1S/C39H45FN6O8S/c40-31-13-8-11-26-21-45(23-30(26)31)38(51)54-28-17-33-34(47)42-39(36(49)43-55(52,53)29-15-16-29)18-27(39)12-4-2-1-3-5-14-32(35(48)46(33)22-28)41-37(50)44-19-24-9-6-7-10-25(24)20-44/h4,6-13,27-29,32-33H,1-3,5,14-23H2,(H,41,50)(H,42,47)(H,43,49)/b12-4-/t27-,28+,32-,33-,39+/m0/s1. The topological polar surface area (TPSA) is 175 Å². The number of halogens is 1. The minimum absolute atomic E-state index is 0.00486. The van der Waals surface area contributed by atoms with Crippen LogP contribution in [0.3, 0.4) is 0 Å². The Hall–Kier alpha value is -4.99. The third-order valence-corrected chi connectivity index (χ3v) is 13.5. The Kier molecular flexibility index (Phi) is 9.80. The Bertz CT molecular complexity index is 2030. The van der Waals surface area contributed by atoms with Crippen LogP contribution in [0, 0.1) is 11.7 Å². The zero-order chi connectivity index (χ0) is 38.5. The maximum atomic E-state index is 14.6. The summed E-state index contributed by atoms with van der Waals surface area (Å²) in [5, 5.41) is 5.10. The molecule has 2 saturated carbocycles. The van der Waals surface area contributed by atoms with Gasteiger partial charge in [-0.2, -0.15) is 0 Å². The predicted octanol–water partition coefficient (Wildman–Crippen LogP) is 3.35. The van der Waals surface area contributed by atoms with Crippen LogP contribution in [0.5, 0.6) is 0 Å². The van der Waals surface area contributed by atoms with E-state index >= 15 is 0 Å². The number of ether oxygens (including phenoxy) is 1. The van der Waals surface area contributed by atoms with Gasteiger partial charge in [0.1, 0.15) is 29.5 Å². The van der Waals surface area contributed by atoms with Crippen molar-refractivity contribution in [3.05, 3.63) is 82.7 Å². The summed E-state index contributed by atoms with van der Waals surface area (Å²) in [5.41, 5.74) is 1.54. The van der Waals surface area contributed by atoms with E-state index in [1.54, 1.807) is 17.0 Å². The molecule has 0 unspecified atom stereocenters. The number of benzene rings is 2. The number of hydrogen-bond acceptors (Lipinski definition) is 8. The molecule has 4 aliphatic heterocycles. The summed E-state index contributed by atoms with van der Waals surface area (Å²) in [5.74, 6) is -2.96. The summed E-state index contributed by atoms with van der Waals surface area (Å²) in [6.45, 7) is 0.737. The number of carbonyl (C=O) groups is 5. The largest absolute Gasteiger partial charge is 0.444 e. The zero-order valence-electron chi connectivity index (χ0n) is 30.4. The first-order valence-corrected chi connectivity index (χ1v) is 20.7. The molecule has 8 rings (SSSR count). The molecule has 2 aliphatic carbocycles. The molecular weight excluding hydrogens is 732 g/mol. The Morgan fingerprint density at radius 3 is 2.35 bits per heavy atom. The Labute approximate surface area is 318 Å². The molecule has 3 fully saturated rings. The Morgan fingerprint density at radius 1 is 0.891 bits per heavy atom. The van der Waals surface area contributed by atoms with Gasteiger partial charge in [-0.05, 0) is 61.3 Å². The van der Waals surface area contributed by atoms with Crippen LogP contribution in [0.15, 0.2) is 54.6 Å². The van der Waals surface area contributed by atoms with Crippen molar-refractivity contribution < 1.29 is 41.5 Å². The van der Waals surface area contributed by atoms with Gasteiger partial charge in [0.2, 0.25) is 21.8 Å². The van der Waals surface area contributed by atoms with Gasteiger partial charge < -0.3 is 25.2 Å². The summed E-state index contributed by atoms with van der Waals surface area (Å²) in [7, 11) is -3.92. The molecule has 0 spiro atoms. The van der Waals surface area contributed by atoms with Gasteiger partial charge in [-0.3, -0.25) is 24.0 Å². The molecule has 2 aromatic rings. The lowest BCUT2D eigenvalue weighted by molar-refractivity contribution is -0.141. The lowest BCUT2D eigenvalue weighted by atomic mass is 10.0. The van der Waals surface area contributed by atoms with E-state index in [0.29, 0.717) is 56.3 Å². The highest BCUT2D eigenvalue weighted by Gasteiger charge is 2.62. The number of nitrogens with zero attached hydrogens (tertiary/aromatic N) is 3. The maximum Gasteiger partial charge on any atom is 0.410 e. The molecule has 55 heavy (non-hydrogen) atoms. The number of urea groups is 1. The van der Waals surface area contributed by atoms with Gasteiger partial charge in [0.05, 0.1) is 18.3 Å². The van der Waals surface area contributed by atoms with Gasteiger partial charge in [-0.1, -0.05) is 61.4 Å². The van der Waals surface area contributed by atoms with Crippen LogP contribution in [0.25, 0.3) is 0 Å². The smallest absolute Gasteiger partial charge is 0.410 e. The zero-order valence-corrected chi connectivity index (χ0v) is 31.2. The number of rotatable bonds is 5. The minimum Gasteiger partial charge on any atom is -0.444 e. The Morgan fingerprint density at radius 2 is 1.62 bits per heavy atom. The fourth-order valence-corrected chi connectivity index (χ4v) is 9.66. The highest BCUT2D eigenvalue weighted by molar-refractivity contribution is 7.91. The fourth-order valence-electron chi connectivity index (χ4n) is 8.29. The number of sulfonamides is 1. The lowest BCUT2D eigenvalue weighted by Gasteiger charge is -2.30. The van der Waals surface area contributed by atoms with E-state index in [4.69, 9.17) is 4.74 Å². The average molecular weight is 777 g/mol. The highest BCUT2D eigenvalue weighted by Crippen LogP contribution is 2.46. The van der Waals surface area contributed by atoms with Crippen molar-refractivity contribution in [2.24, 2.45) is 5.92 Å². The number of carbonyl (C=O) groups excluding carboxylic acids is 5. The third kappa shape index (κ3) is 7.52. The van der Waals surface area contributed by atoms with E-state index in [9.17, 15) is 36.8 Å². The minimum atomic E-state index is -3.92. The molecule has 16 heteroatoms. The Balaban J connectivity index is 1.04. The van der Waals surface area contributed by atoms with E-state index in [1.165, 1.54) is 15.9 Å². The molecule has 0 aromatic heterocycles. The van der Waals surface area contributed by atoms with E-state index in [1.807, 2.05) is 36.4 Å². The van der Waals surface area contributed by atoms with Crippen LogP contribution in [0.2, 0.25) is 0 Å². The molecule has 6 amide bonds. The number of fused-ring (bicyclic) bond motifs is 4. The molecule has 0 bridgehead atoms. The number of nitrogens with one attached hydrogen (secondary N) is 3.